The molecule has 1 N–H and O–H groups in total. The first-order valence-corrected chi connectivity index (χ1v) is 12.4. The summed E-state index contributed by atoms with van der Waals surface area (Å²) >= 11 is 0. The van der Waals surface area contributed by atoms with E-state index in [4.69, 9.17) is 14.2 Å². The van der Waals surface area contributed by atoms with Crippen molar-refractivity contribution < 1.29 is 23.8 Å². The van der Waals surface area contributed by atoms with Crippen molar-refractivity contribution in [2.24, 2.45) is 0 Å². The minimum absolute atomic E-state index is 0.0556. The Morgan fingerprint density at radius 3 is 2.08 bits per heavy atom. The monoisotopic (exact) mass is 499 g/mol. The molecule has 0 aromatic heterocycles. The van der Waals surface area contributed by atoms with Crippen molar-refractivity contribution in [2.45, 2.75) is 44.8 Å². The van der Waals surface area contributed by atoms with Crippen molar-refractivity contribution in [1.82, 2.24) is 5.32 Å². The summed E-state index contributed by atoms with van der Waals surface area (Å²) < 4.78 is 16.7. The molecule has 37 heavy (non-hydrogen) atoms. The molecule has 1 atom stereocenters. The van der Waals surface area contributed by atoms with Gasteiger partial charge in [0.15, 0.2) is 0 Å². The lowest BCUT2D eigenvalue weighted by Gasteiger charge is -2.22. The predicted octanol–water partition coefficient (Wildman–Crippen LogP) is 6.04. The van der Waals surface area contributed by atoms with Gasteiger partial charge in [-0.1, -0.05) is 73.3 Å². The van der Waals surface area contributed by atoms with Crippen LogP contribution in [0.1, 0.15) is 43.4 Å². The van der Waals surface area contributed by atoms with Gasteiger partial charge in [-0.3, -0.25) is 0 Å². The van der Waals surface area contributed by atoms with Gasteiger partial charge in [-0.05, 0) is 60.7 Å². The number of alkyl carbamates (subject to hydrolysis) is 1. The van der Waals surface area contributed by atoms with Crippen molar-refractivity contribution in [3.05, 3.63) is 102 Å². The molecule has 1 unspecified atom stereocenters. The largest absolute Gasteiger partial charge is 0.488 e. The highest BCUT2D eigenvalue weighted by atomic mass is 16.6. The Morgan fingerprint density at radius 2 is 1.51 bits per heavy atom. The molecular formula is C31H33NO5. The van der Waals surface area contributed by atoms with Crippen LogP contribution >= 0.6 is 0 Å². The first kappa shape index (κ1) is 26.0. The standard InChI is InChI=1S/C31H33NO5/c1-5-18-35-29(33)28(19-21-14-16-22(17-15-21)37-31(2,3)4)32-30(34)36-20-27-25-12-8-6-10-23(25)24-11-7-9-13-26(24)27/h5-17,27-28H,1,18-20H2,2-4H3,(H,32,34). The van der Waals surface area contributed by atoms with E-state index in [9.17, 15) is 9.59 Å². The van der Waals surface area contributed by atoms with Crippen LogP contribution in [0.2, 0.25) is 0 Å². The quantitative estimate of drug-likeness (QED) is 0.287. The van der Waals surface area contributed by atoms with E-state index in [1.165, 1.54) is 6.08 Å². The molecule has 6 heteroatoms. The third-order valence-electron chi connectivity index (χ3n) is 6.05. The molecule has 4 rings (SSSR count). The second-order valence-corrected chi connectivity index (χ2v) is 10.0. The normalized spacial score (nSPS) is 13.2. The molecular weight excluding hydrogens is 466 g/mol. The van der Waals surface area contributed by atoms with Crippen molar-refractivity contribution in [2.75, 3.05) is 13.2 Å². The van der Waals surface area contributed by atoms with Gasteiger partial charge in [0.05, 0.1) is 0 Å². The molecule has 0 spiro atoms. The Bertz CT molecular complexity index is 1210. The van der Waals surface area contributed by atoms with Crippen LogP contribution in [-0.4, -0.2) is 36.9 Å². The molecule has 3 aromatic carbocycles. The number of hydrogen-bond donors (Lipinski definition) is 1. The lowest BCUT2D eigenvalue weighted by Crippen LogP contribution is -2.44. The summed E-state index contributed by atoms with van der Waals surface area (Å²) in [5, 5.41) is 2.70. The van der Waals surface area contributed by atoms with E-state index in [-0.39, 0.29) is 31.2 Å². The summed E-state index contributed by atoms with van der Waals surface area (Å²) in [6.45, 7) is 9.73. The van der Waals surface area contributed by atoms with E-state index in [1.807, 2.05) is 69.3 Å². The fraction of sp³-hybridized carbons (Fsp3) is 0.290. The molecule has 1 aliphatic carbocycles. The van der Waals surface area contributed by atoms with Crippen LogP contribution in [0.4, 0.5) is 4.79 Å². The smallest absolute Gasteiger partial charge is 0.407 e. The van der Waals surface area contributed by atoms with Crippen molar-refractivity contribution in [3.63, 3.8) is 0 Å². The van der Waals surface area contributed by atoms with E-state index in [0.29, 0.717) is 0 Å². The van der Waals surface area contributed by atoms with Crippen molar-refractivity contribution in [3.8, 4) is 16.9 Å². The fourth-order valence-electron chi connectivity index (χ4n) is 4.50. The molecule has 0 aliphatic heterocycles. The number of carbonyl (C=O) groups is 2. The third-order valence-corrected chi connectivity index (χ3v) is 6.05. The van der Waals surface area contributed by atoms with Gasteiger partial charge in [-0.25, -0.2) is 9.59 Å². The minimum Gasteiger partial charge on any atom is -0.488 e. The van der Waals surface area contributed by atoms with E-state index >= 15 is 0 Å². The van der Waals surface area contributed by atoms with E-state index in [1.54, 1.807) is 0 Å². The number of hydrogen-bond acceptors (Lipinski definition) is 5. The number of carbonyl (C=O) groups excluding carboxylic acids is 2. The molecule has 1 amide bonds. The molecule has 0 radical (unpaired) electrons. The maximum atomic E-state index is 12.8. The average Bonchev–Trinajstić information content (AvgIpc) is 3.19. The number of amides is 1. The molecule has 0 heterocycles. The Morgan fingerprint density at radius 1 is 0.919 bits per heavy atom. The maximum Gasteiger partial charge on any atom is 0.407 e. The fourth-order valence-corrected chi connectivity index (χ4v) is 4.50. The Balaban J connectivity index is 1.43. The summed E-state index contributed by atoms with van der Waals surface area (Å²) in [5.74, 6) is 0.106. The first-order valence-electron chi connectivity index (χ1n) is 12.4. The van der Waals surface area contributed by atoms with Crippen LogP contribution in [0.5, 0.6) is 5.75 Å². The van der Waals surface area contributed by atoms with Gasteiger partial charge in [-0.15, -0.1) is 0 Å². The Hall–Kier alpha value is -4.06. The Labute approximate surface area is 218 Å². The summed E-state index contributed by atoms with van der Waals surface area (Å²) in [6, 6.07) is 22.8. The summed E-state index contributed by atoms with van der Waals surface area (Å²) in [6.07, 6.45) is 1.06. The van der Waals surface area contributed by atoms with Crippen LogP contribution < -0.4 is 10.1 Å². The molecule has 6 nitrogen and oxygen atoms in total. The number of nitrogens with one attached hydrogen (secondary N) is 1. The van der Waals surface area contributed by atoms with Crippen molar-refractivity contribution in [1.29, 1.82) is 0 Å². The molecule has 192 valence electrons. The SMILES string of the molecule is C=CCOC(=O)C(Cc1ccc(OC(C)(C)C)cc1)NC(=O)OCC1c2ccccc2-c2ccccc21. The molecule has 3 aromatic rings. The predicted molar refractivity (Wildman–Crippen MR) is 144 cm³/mol. The lowest BCUT2D eigenvalue weighted by atomic mass is 9.98. The van der Waals surface area contributed by atoms with Gasteiger partial charge in [0, 0.05) is 12.3 Å². The zero-order valence-electron chi connectivity index (χ0n) is 21.5. The number of benzene rings is 3. The molecule has 0 fully saturated rings. The second kappa shape index (κ2) is 11.3. The van der Waals surface area contributed by atoms with Crippen LogP contribution in [0.15, 0.2) is 85.5 Å². The van der Waals surface area contributed by atoms with Gasteiger partial charge < -0.3 is 19.5 Å². The van der Waals surface area contributed by atoms with E-state index in [0.717, 1.165) is 33.6 Å². The summed E-state index contributed by atoms with van der Waals surface area (Å²) in [5.41, 5.74) is 5.08. The summed E-state index contributed by atoms with van der Waals surface area (Å²) in [4.78, 5) is 25.6. The number of rotatable bonds is 9. The average molecular weight is 500 g/mol. The maximum absolute atomic E-state index is 12.8. The lowest BCUT2D eigenvalue weighted by molar-refractivity contribution is -0.144. The van der Waals surface area contributed by atoms with Gasteiger partial charge in [0.1, 0.15) is 30.6 Å². The highest BCUT2D eigenvalue weighted by Crippen LogP contribution is 2.44. The van der Waals surface area contributed by atoms with Crippen LogP contribution in [-0.2, 0) is 20.7 Å². The van der Waals surface area contributed by atoms with E-state index in [2.05, 4.69) is 36.2 Å². The zero-order chi connectivity index (χ0) is 26.4. The van der Waals surface area contributed by atoms with Crippen LogP contribution in [0.3, 0.4) is 0 Å². The highest BCUT2D eigenvalue weighted by Gasteiger charge is 2.30. The van der Waals surface area contributed by atoms with Crippen molar-refractivity contribution >= 4 is 12.1 Å². The summed E-state index contributed by atoms with van der Waals surface area (Å²) in [7, 11) is 0. The van der Waals surface area contributed by atoms with E-state index < -0.39 is 18.1 Å². The van der Waals surface area contributed by atoms with Gasteiger partial charge in [-0.2, -0.15) is 0 Å². The number of fused-ring (bicyclic) bond motifs is 3. The minimum atomic E-state index is -0.912. The zero-order valence-corrected chi connectivity index (χ0v) is 21.5. The molecule has 0 saturated carbocycles. The molecule has 0 saturated heterocycles. The highest BCUT2D eigenvalue weighted by molar-refractivity contribution is 5.82. The van der Waals surface area contributed by atoms with Gasteiger partial charge in [0.2, 0.25) is 0 Å². The topological polar surface area (TPSA) is 73.9 Å². The number of ether oxygens (including phenoxy) is 3. The van der Waals surface area contributed by atoms with Gasteiger partial charge in [0.25, 0.3) is 0 Å². The second-order valence-electron chi connectivity index (χ2n) is 10.0. The molecule has 0 bridgehead atoms. The third kappa shape index (κ3) is 6.58. The van der Waals surface area contributed by atoms with Crippen LogP contribution in [0.25, 0.3) is 11.1 Å². The number of esters is 1. The van der Waals surface area contributed by atoms with Gasteiger partial charge >= 0.3 is 12.1 Å². The molecule has 1 aliphatic rings. The first-order chi connectivity index (χ1) is 17.7. The Kier molecular flexibility index (Phi) is 7.97. The van der Waals surface area contributed by atoms with Crippen LogP contribution in [0, 0.1) is 0 Å².